The molecule has 0 bridgehead atoms. The van der Waals surface area contributed by atoms with E-state index in [2.05, 4.69) is 52.0 Å². The van der Waals surface area contributed by atoms with Gasteiger partial charge in [-0.1, -0.05) is 64.8 Å². The van der Waals surface area contributed by atoms with Gasteiger partial charge in [-0.3, -0.25) is 0 Å². The van der Waals surface area contributed by atoms with E-state index in [1.165, 1.54) is 44.9 Å². The molecule has 0 aliphatic heterocycles. The molecule has 0 aromatic heterocycles. The molecule has 0 spiro atoms. The van der Waals surface area contributed by atoms with Crippen molar-refractivity contribution in [3.05, 3.63) is 24.3 Å². The van der Waals surface area contributed by atoms with Crippen molar-refractivity contribution >= 4 is 0 Å². The molecule has 2 atom stereocenters. The highest BCUT2D eigenvalue weighted by atomic mass is 14.4. The third kappa shape index (κ3) is 3.73. The first-order valence-corrected chi connectivity index (χ1v) is 8.02. The highest BCUT2D eigenvalue weighted by Gasteiger charge is 2.35. The Morgan fingerprint density at radius 1 is 0.889 bits per heavy atom. The second-order valence-electron chi connectivity index (χ2n) is 6.12. The second-order valence-corrected chi connectivity index (χ2v) is 6.12. The van der Waals surface area contributed by atoms with Crippen LogP contribution in [0.4, 0.5) is 0 Å². The van der Waals surface area contributed by atoms with E-state index in [1.807, 2.05) is 0 Å². The van der Waals surface area contributed by atoms with Gasteiger partial charge in [0, 0.05) is 5.41 Å². The van der Waals surface area contributed by atoms with E-state index in [-0.39, 0.29) is 0 Å². The quantitative estimate of drug-likeness (QED) is 0.495. The van der Waals surface area contributed by atoms with Gasteiger partial charge in [0.05, 0.1) is 0 Å². The van der Waals surface area contributed by atoms with Crippen LogP contribution in [0, 0.1) is 17.3 Å². The van der Waals surface area contributed by atoms with Crippen LogP contribution in [0.2, 0.25) is 0 Å². The molecular weight excluding hydrogens is 216 g/mol. The van der Waals surface area contributed by atoms with Crippen LogP contribution < -0.4 is 0 Å². The topological polar surface area (TPSA) is 0 Å². The first-order chi connectivity index (χ1) is 8.67. The van der Waals surface area contributed by atoms with E-state index in [4.69, 9.17) is 0 Å². The third-order valence-electron chi connectivity index (χ3n) is 4.71. The Morgan fingerprint density at radius 2 is 1.33 bits per heavy atom. The summed E-state index contributed by atoms with van der Waals surface area (Å²) in [5.74, 6) is 1.52. The minimum Gasteiger partial charge on any atom is -0.0876 e. The lowest BCUT2D eigenvalue weighted by atomic mass is 9.64. The van der Waals surface area contributed by atoms with E-state index in [0.717, 1.165) is 11.8 Å². The monoisotopic (exact) mass is 248 g/mol. The summed E-state index contributed by atoms with van der Waals surface area (Å²) in [7, 11) is 0. The van der Waals surface area contributed by atoms with Gasteiger partial charge >= 0.3 is 0 Å². The Labute approximate surface area is 115 Å². The fourth-order valence-corrected chi connectivity index (χ4v) is 3.49. The summed E-state index contributed by atoms with van der Waals surface area (Å²) in [5.41, 5.74) is 0.312. The van der Waals surface area contributed by atoms with E-state index >= 15 is 0 Å². The highest BCUT2D eigenvalue weighted by molar-refractivity contribution is 5.17. The van der Waals surface area contributed by atoms with E-state index in [1.54, 1.807) is 0 Å². The molecule has 0 fully saturated rings. The molecule has 0 aromatic rings. The minimum absolute atomic E-state index is 0.312. The summed E-state index contributed by atoms with van der Waals surface area (Å²) in [6, 6.07) is 0. The van der Waals surface area contributed by atoms with Gasteiger partial charge in [0.2, 0.25) is 0 Å². The molecule has 1 aliphatic rings. The fourth-order valence-electron chi connectivity index (χ4n) is 3.49. The third-order valence-corrected chi connectivity index (χ3v) is 4.71. The molecule has 0 N–H and O–H groups in total. The Bertz CT molecular complexity index is 244. The van der Waals surface area contributed by atoms with Crippen LogP contribution >= 0.6 is 0 Å². The normalized spacial score (nSPS) is 25.8. The van der Waals surface area contributed by atoms with Gasteiger partial charge in [0.1, 0.15) is 0 Å². The SMILES string of the molecule is CCCC(C)C1(C(C)CCC)/C=C\CCC/C=C\1. The first kappa shape index (κ1) is 15.5. The summed E-state index contributed by atoms with van der Waals surface area (Å²) in [6.45, 7) is 9.52. The van der Waals surface area contributed by atoms with Crippen LogP contribution in [0.5, 0.6) is 0 Å². The van der Waals surface area contributed by atoms with Gasteiger partial charge in [-0.25, -0.2) is 0 Å². The predicted octanol–water partition coefficient (Wildman–Crippen LogP) is 6.14. The molecule has 1 rings (SSSR count). The molecule has 0 amide bonds. The molecule has 0 heterocycles. The Kier molecular flexibility index (Phi) is 6.75. The van der Waals surface area contributed by atoms with Crippen LogP contribution in [0.3, 0.4) is 0 Å². The average Bonchev–Trinajstić information content (AvgIpc) is 2.29. The lowest BCUT2D eigenvalue weighted by Crippen LogP contribution is -2.32. The van der Waals surface area contributed by atoms with Crippen molar-refractivity contribution in [2.24, 2.45) is 17.3 Å². The van der Waals surface area contributed by atoms with Gasteiger partial charge in [0.15, 0.2) is 0 Å². The zero-order valence-corrected chi connectivity index (χ0v) is 12.9. The van der Waals surface area contributed by atoms with E-state index in [0.29, 0.717) is 5.41 Å². The zero-order valence-electron chi connectivity index (χ0n) is 12.9. The van der Waals surface area contributed by atoms with Crippen molar-refractivity contribution in [1.29, 1.82) is 0 Å². The lowest BCUT2D eigenvalue weighted by Gasteiger charge is -2.40. The Hall–Kier alpha value is -0.520. The number of hydrogen-bond acceptors (Lipinski definition) is 0. The van der Waals surface area contributed by atoms with Gasteiger partial charge in [0.25, 0.3) is 0 Å². The fraction of sp³-hybridized carbons (Fsp3) is 0.778. The molecule has 0 aromatic carbocycles. The molecule has 0 radical (unpaired) electrons. The number of hydrogen-bond donors (Lipinski definition) is 0. The van der Waals surface area contributed by atoms with Crippen molar-refractivity contribution in [2.75, 3.05) is 0 Å². The molecule has 0 saturated heterocycles. The van der Waals surface area contributed by atoms with Crippen LogP contribution in [-0.2, 0) is 0 Å². The van der Waals surface area contributed by atoms with Crippen molar-refractivity contribution in [3.8, 4) is 0 Å². The molecule has 2 unspecified atom stereocenters. The standard InChI is InChI=1S/C18H32/c1-5-12-16(3)18(17(4)13-6-2)14-10-8-7-9-11-15-18/h10-11,14-17H,5-9,12-13H2,1-4H3/b14-10-,15-11-. The van der Waals surface area contributed by atoms with E-state index < -0.39 is 0 Å². The van der Waals surface area contributed by atoms with Crippen molar-refractivity contribution in [2.45, 2.75) is 72.6 Å². The summed E-state index contributed by atoms with van der Waals surface area (Å²) < 4.78 is 0. The first-order valence-electron chi connectivity index (χ1n) is 8.02. The molecular formula is C18H32. The van der Waals surface area contributed by atoms with Gasteiger partial charge in [-0.05, 0) is 43.9 Å². The Morgan fingerprint density at radius 3 is 1.72 bits per heavy atom. The van der Waals surface area contributed by atoms with Crippen LogP contribution in [-0.4, -0.2) is 0 Å². The number of allylic oxidation sites excluding steroid dienone is 4. The van der Waals surface area contributed by atoms with Crippen LogP contribution in [0.15, 0.2) is 24.3 Å². The molecule has 0 heteroatoms. The van der Waals surface area contributed by atoms with Crippen molar-refractivity contribution in [3.63, 3.8) is 0 Å². The van der Waals surface area contributed by atoms with Gasteiger partial charge < -0.3 is 0 Å². The molecule has 1 aliphatic carbocycles. The summed E-state index contributed by atoms with van der Waals surface area (Å²) in [6.07, 6.45) is 19.1. The molecule has 104 valence electrons. The van der Waals surface area contributed by atoms with E-state index in [9.17, 15) is 0 Å². The summed E-state index contributed by atoms with van der Waals surface area (Å²) in [4.78, 5) is 0. The van der Waals surface area contributed by atoms with Crippen molar-refractivity contribution in [1.82, 2.24) is 0 Å². The van der Waals surface area contributed by atoms with Crippen LogP contribution in [0.25, 0.3) is 0 Å². The predicted molar refractivity (Wildman–Crippen MR) is 82.7 cm³/mol. The zero-order chi connectivity index (χ0) is 13.4. The molecule has 18 heavy (non-hydrogen) atoms. The summed E-state index contributed by atoms with van der Waals surface area (Å²) >= 11 is 0. The lowest BCUT2D eigenvalue weighted by molar-refractivity contribution is 0.192. The largest absolute Gasteiger partial charge is 0.0876 e. The van der Waals surface area contributed by atoms with Gasteiger partial charge in [-0.2, -0.15) is 0 Å². The molecule has 0 saturated carbocycles. The van der Waals surface area contributed by atoms with Gasteiger partial charge in [-0.15, -0.1) is 0 Å². The smallest absolute Gasteiger partial charge is 0.0112 e. The number of rotatable bonds is 6. The summed E-state index contributed by atoms with van der Waals surface area (Å²) in [5, 5.41) is 0. The minimum atomic E-state index is 0.312. The highest BCUT2D eigenvalue weighted by Crippen LogP contribution is 2.44. The van der Waals surface area contributed by atoms with Crippen LogP contribution in [0.1, 0.15) is 72.6 Å². The maximum atomic E-state index is 2.54. The maximum absolute atomic E-state index is 2.54. The maximum Gasteiger partial charge on any atom is 0.0112 e. The Balaban J connectivity index is 3.00. The second kappa shape index (κ2) is 7.81. The van der Waals surface area contributed by atoms with Crippen molar-refractivity contribution < 1.29 is 0 Å². The average molecular weight is 248 g/mol. The molecule has 0 nitrogen and oxygen atoms in total.